The Balaban J connectivity index is 1.47. The number of carbonyl (C=O) groups excluding carboxylic acids is 1. The number of benzene rings is 1. The molecule has 0 radical (unpaired) electrons. The summed E-state index contributed by atoms with van der Waals surface area (Å²) in [4.78, 5) is 24.4. The highest BCUT2D eigenvalue weighted by Gasteiger charge is 2.23. The third kappa shape index (κ3) is 4.39. The molecule has 0 saturated carbocycles. The Bertz CT molecular complexity index is 717. The first-order chi connectivity index (χ1) is 12.1. The second kappa shape index (κ2) is 8.16. The van der Waals surface area contributed by atoms with Gasteiger partial charge >= 0.3 is 0 Å². The van der Waals surface area contributed by atoms with Crippen LogP contribution in [0.3, 0.4) is 0 Å². The highest BCUT2D eigenvalue weighted by Crippen LogP contribution is 2.27. The largest absolute Gasteiger partial charge is 0.382 e. The minimum Gasteiger partial charge on any atom is -0.382 e. The number of nitrogens with zero attached hydrogens (tertiary/aromatic N) is 4. The molecule has 2 heterocycles. The molecule has 1 aromatic heterocycles. The molecule has 6 nitrogen and oxygen atoms in total. The smallest absolute Gasteiger partial charge is 0.222 e. The standard InChI is InChI=1S/C18H22ClN5O/c19-16-17(20)21-13-22-18(16)24-11-9-23(10-12-24)15(25)8-4-7-14-5-2-1-3-6-14/h1-3,5-6,13H,4,7-12H2,(H2,20,21,22). The van der Waals surface area contributed by atoms with Crippen LogP contribution in [0.4, 0.5) is 11.6 Å². The summed E-state index contributed by atoms with van der Waals surface area (Å²) in [5, 5.41) is 0.380. The second-order valence-corrected chi connectivity index (χ2v) is 6.48. The van der Waals surface area contributed by atoms with Crippen molar-refractivity contribution < 1.29 is 4.79 Å². The number of anilines is 2. The van der Waals surface area contributed by atoms with Crippen molar-refractivity contribution in [2.24, 2.45) is 0 Å². The van der Waals surface area contributed by atoms with Gasteiger partial charge in [0.25, 0.3) is 0 Å². The van der Waals surface area contributed by atoms with Crippen LogP contribution in [0.15, 0.2) is 36.7 Å². The normalized spacial score (nSPS) is 14.6. The van der Waals surface area contributed by atoms with Gasteiger partial charge in [-0.3, -0.25) is 4.79 Å². The molecule has 0 atom stereocenters. The van der Waals surface area contributed by atoms with E-state index in [0.29, 0.717) is 43.4 Å². The lowest BCUT2D eigenvalue weighted by Crippen LogP contribution is -2.49. The summed E-state index contributed by atoms with van der Waals surface area (Å²) < 4.78 is 0. The monoisotopic (exact) mass is 359 g/mol. The highest BCUT2D eigenvalue weighted by molar-refractivity contribution is 6.35. The topological polar surface area (TPSA) is 75.3 Å². The Labute approximate surface area is 152 Å². The number of nitrogens with two attached hydrogens (primary N) is 1. The fourth-order valence-electron chi connectivity index (χ4n) is 3.01. The van der Waals surface area contributed by atoms with Crippen LogP contribution in [0, 0.1) is 0 Å². The van der Waals surface area contributed by atoms with Gasteiger partial charge in [0.1, 0.15) is 17.2 Å². The highest BCUT2D eigenvalue weighted by atomic mass is 35.5. The summed E-state index contributed by atoms with van der Waals surface area (Å²) in [6, 6.07) is 10.3. The Hall–Kier alpha value is -2.34. The first kappa shape index (κ1) is 17.5. The van der Waals surface area contributed by atoms with Crippen LogP contribution in [0.25, 0.3) is 0 Å². The van der Waals surface area contributed by atoms with Gasteiger partial charge in [0.05, 0.1) is 0 Å². The minimum atomic E-state index is 0.212. The van der Waals surface area contributed by atoms with Crippen molar-refractivity contribution in [1.29, 1.82) is 0 Å². The summed E-state index contributed by atoms with van der Waals surface area (Å²) in [6.07, 6.45) is 3.80. The van der Waals surface area contributed by atoms with E-state index in [1.54, 1.807) is 0 Å². The van der Waals surface area contributed by atoms with E-state index in [-0.39, 0.29) is 11.7 Å². The van der Waals surface area contributed by atoms with Crippen LogP contribution in [0.2, 0.25) is 5.02 Å². The number of amides is 1. The first-order valence-electron chi connectivity index (χ1n) is 8.48. The van der Waals surface area contributed by atoms with E-state index in [9.17, 15) is 4.79 Å². The van der Waals surface area contributed by atoms with Gasteiger partial charge in [-0.25, -0.2) is 9.97 Å². The van der Waals surface area contributed by atoms with Crippen molar-refractivity contribution in [3.05, 3.63) is 47.2 Å². The number of hydrogen-bond acceptors (Lipinski definition) is 5. The molecule has 0 unspecified atom stereocenters. The average Bonchev–Trinajstić information content (AvgIpc) is 2.65. The van der Waals surface area contributed by atoms with E-state index in [2.05, 4.69) is 22.1 Å². The number of aromatic nitrogens is 2. The van der Waals surface area contributed by atoms with Crippen molar-refractivity contribution in [3.8, 4) is 0 Å². The summed E-state index contributed by atoms with van der Waals surface area (Å²) in [6.45, 7) is 2.73. The minimum absolute atomic E-state index is 0.212. The predicted octanol–water partition coefficient (Wildman–Crippen LogP) is 2.38. The third-order valence-electron chi connectivity index (χ3n) is 4.43. The van der Waals surface area contributed by atoms with Crippen LogP contribution in [0.1, 0.15) is 18.4 Å². The van der Waals surface area contributed by atoms with Crippen molar-refractivity contribution in [2.45, 2.75) is 19.3 Å². The van der Waals surface area contributed by atoms with Gasteiger partial charge < -0.3 is 15.5 Å². The summed E-state index contributed by atoms with van der Waals surface area (Å²) >= 11 is 6.18. The molecule has 0 aliphatic carbocycles. The Morgan fingerprint density at radius 1 is 1.12 bits per heavy atom. The molecule has 25 heavy (non-hydrogen) atoms. The van der Waals surface area contributed by atoms with Crippen molar-refractivity contribution in [1.82, 2.24) is 14.9 Å². The van der Waals surface area contributed by atoms with E-state index in [1.165, 1.54) is 11.9 Å². The maximum Gasteiger partial charge on any atom is 0.222 e. The van der Waals surface area contributed by atoms with Gasteiger partial charge in [-0.1, -0.05) is 41.9 Å². The van der Waals surface area contributed by atoms with E-state index >= 15 is 0 Å². The van der Waals surface area contributed by atoms with Gasteiger partial charge in [0.2, 0.25) is 5.91 Å². The first-order valence-corrected chi connectivity index (χ1v) is 8.85. The van der Waals surface area contributed by atoms with Gasteiger partial charge in [-0.05, 0) is 18.4 Å². The van der Waals surface area contributed by atoms with E-state index < -0.39 is 0 Å². The fourth-order valence-corrected chi connectivity index (χ4v) is 3.23. The number of halogens is 1. The van der Waals surface area contributed by atoms with Crippen LogP contribution in [-0.4, -0.2) is 47.0 Å². The molecular formula is C18H22ClN5O. The van der Waals surface area contributed by atoms with Gasteiger partial charge in [-0.15, -0.1) is 0 Å². The lowest BCUT2D eigenvalue weighted by atomic mass is 10.1. The molecule has 1 aliphatic heterocycles. The van der Waals surface area contributed by atoms with Gasteiger partial charge in [0.15, 0.2) is 5.82 Å². The summed E-state index contributed by atoms with van der Waals surface area (Å²) in [7, 11) is 0. The van der Waals surface area contributed by atoms with Crippen LogP contribution < -0.4 is 10.6 Å². The molecule has 1 fully saturated rings. The molecule has 1 aliphatic rings. The SMILES string of the molecule is Nc1ncnc(N2CCN(C(=O)CCCc3ccccc3)CC2)c1Cl. The van der Waals surface area contributed by atoms with Gasteiger partial charge in [0, 0.05) is 32.6 Å². The molecule has 0 bridgehead atoms. The zero-order chi connectivity index (χ0) is 17.6. The maximum atomic E-state index is 12.4. The summed E-state index contributed by atoms with van der Waals surface area (Å²) in [5.41, 5.74) is 7.01. The second-order valence-electron chi connectivity index (χ2n) is 6.10. The molecule has 7 heteroatoms. The number of nitrogen functional groups attached to an aromatic ring is 1. The number of piperazine rings is 1. The molecular weight excluding hydrogens is 338 g/mol. The van der Waals surface area contributed by atoms with Gasteiger partial charge in [-0.2, -0.15) is 0 Å². The van der Waals surface area contributed by atoms with E-state index in [4.69, 9.17) is 17.3 Å². The number of aryl methyl sites for hydroxylation is 1. The van der Waals surface area contributed by atoms with E-state index in [0.717, 1.165) is 12.8 Å². The van der Waals surface area contributed by atoms with Crippen molar-refractivity contribution in [2.75, 3.05) is 36.8 Å². The molecule has 3 rings (SSSR count). The predicted molar refractivity (Wildman–Crippen MR) is 99.6 cm³/mol. The molecule has 0 spiro atoms. The van der Waals surface area contributed by atoms with Crippen LogP contribution >= 0.6 is 11.6 Å². The Morgan fingerprint density at radius 3 is 2.56 bits per heavy atom. The quantitative estimate of drug-likeness (QED) is 0.887. The summed E-state index contributed by atoms with van der Waals surface area (Å²) in [5.74, 6) is 1.14. The third-order valence-corrected chi connectivity index (χ3v) is 4.79. The van der Waals surface area contributed by atoms with Crippen molar-refractivity contribution >= 4 is 29.1 Å². The zero-order valence-electron chi connectivity index (χ0n) is 14.1. The molecule has 1 saturated heterocycles. The molecule has 1 amide bonds. The Kier molecular flexibility index (Phi) is 5.71. The van der Waals surface area contributed by atoms with Crippen LogP contribution in [-0.2, 0) is 11.2 Å². The molecule has 132 valence electrons. The Morgan fingerprint density at radius 2 is 1.84 bits per heavy atom. The van der Waals surface area contributed by atoms with Crippen LogP contribution in [0.5, 0.6) is 0 Å². The lowest BCUT2D eigenvalue weighted by molar-refractivity contribution is -0.131. The number of hydrogen-bond donors (Lipinski definition) is 1. The van der Waals surface area contributed by atoms with E-state index in [1.807, 2.05) is 28.0 Å². The fraction of sp³-hybridized carbons (Fsp3) is 0.389. The average molecular weight is 360 g/mol. The molecule has 2 aromatic rings. The number of carbonyl (C=O) groups is 1. The lowest BCUT2D eigenvalue weighted by Gasteiger charge is -2.35. The number of rotatable bonds is 5. The molecule has 1 aromatic carbocycles. The maximum absolute atomic E-state index is 12.4. The zero-order valence-corrected chi connectivity index (χ0v) is 14.8. The molecule has 2 N–H and O–H groups in total. The van der Waals surface area contributed by atoms with Crippen molar-refractivity contribution in [3.63, 3.8) is 0 Å².